The summed E-state index contributed by atoms with van der Waals surface area (Å²) in [6.45, 7) is 0.477. The van der Waals surface area contributed by atoms with E-state index >= 15 is 0 Å². The van der Waals surface area contributed by atoms with E-state index in [0.717, 1.165) is 22.5 Å². The minimum atomic E-state index is -1.47. The van der Waals surface area contributed by atoms with E-state index in [1.54, 1.807) is 36.7 Å². The number of anilines is 1. The molecule has 2 aromatic heterocycles. The molecule has 6 rings (SSSR count). The lowest BCUT2D eigenvalue weighted by atomic mass is 9.92. The minimum absolute atomic E-state index is 0.305. The SMILES string of the molecule is COc1ccc(-n2cnc3cc(Oc4ccc(N5CCCC56C(=O)NC(=O)NC6=O)cn4)ccc32)cc1. The zero-order chi connectivity index (χ0) is 25.6. The molecule has 2 aliphatic rings. The van der Waals surface area contributed by atoms with Crippen LogP contribution in [0.2, 0.25) is 0 Å². The largest absolute Gasteiger partial charge is 0.497 e. The molecule has 0 aliphatic carbocycles. The molecule has 2 N–H and O–H groups in total. The van der Waals surface area contributed by atoms with Crippen LogP contribution in [-0.2, 0) is 9.59 Å². The van der Waals surface area contributed by atoms with Gasteiger partial charge in [-0.15, -0.1) is 0 Å². The molecule has 11 nitrogen and oxygen atoms in total. The number of ether oxygens (including phenoxy) is 2. The summed E-state index contributed by atoms with van der Waals surface area (Å²) in [5, 5.41) is 4.42. The second-order valence-corrected chi connectivity index (χ2v) is 8.77. The highest BCUT2D eigenvalue weighted by atomic mass is 16.5. The smallest absolute Gasteiger partial charge is 0.328 e. The van der Waals surface area contributed by atoms with Crippen LogP contribution in [0.1, 0.15) is 12.8 Å². The highest BCUT2D eigenvalue weighted by Crippen LogP contribution is 2.36. The number of aromatic nitrogens is 3. The Morgan fingerprint density at radius 1 is 0.892 bits per heavy atom. The number of pyridine rings is 1. The molecule has 2 aromatic carbocycles. The van der Waals surface area contributed by atoms with Crippen molar-refractivity contribution < 1.29 is 23.9 Å². The van der Waals surface area contributed by atoms with Crippen LogP contribution >= 0.6 is 0 Å². The van der Waals surface area contributed by atoms with Crippen LogP contribution in [0.3, 0.4) is 0 Å². The normalized spacial score (nSPS) is 16.7. The van der Waals surface area contributed by atoms with E-state index < -0.39 is 23.4 Å². The van der Waals surface area contributed by atoms with Crippen molar-refractivity contribution in [3.63, 3.8) is 0 Å². The lowest BCUT2D eigenvalue weighted by Crippen LogP contribution is -2.71. The average Bonchev–Trinajstić information content (AvgIpc) is 3.53. The number of amides is 4. The third kappa shape index (κ3) is 3.71. The van der Waals surface area contributed by atoms with E-state index in [0.29, 0.717) is 36.7 Å². The van der Waals surface area contributed by atoms with Gasteiger partial charge in [0.15, 0.2) is 5.54 Å². The molecule has 4 amide bonds. The number of barbiturate groups is 1. The van der Waals surface area contributed by atoms with Crippen LogP contribution in [0.5, 0.6) is 17.4 Å². The molecule has 0 atom stereocenters. The second kappa shape index (κ2) is 8.63. The van der Waals surface area contributed by atoms with E-state index in [2.05, 4.69) is 20.6 Å². The topological polar surface area (TPSA) is 128 Å². The number of benzene rings is 2. The van der Waals surface area contributed by atoms with Crippen molar-refractivity contribution in [3.8, 4) is 23.1 Å². The number of hydrogen-bond donors (Lipinski definition) is 2. The average molecular weight is 498 g/mol. The first-order valence-electron chi connectivity index (χ1n) is 11.7. The predicted octanol–water partition coefficient (Wildman–Crippen LogP) is 2.93. The molecule has 186 valence electrons. The Morgan fingerprint density at radius 2 is 1.62 bits per heavy atom. The summed E-state index contributed by atoms with van der Waals surface area (Å²) < 4.78 is 13.1. The van der Waals surface area contributed by atoms with Crippen molar-refractivity contribution in [2.75, 3.05) is 18.6 Å². The fourth-order valence-electron chi connectivity index (χ4n) is 4.91. The maximum absolute atomic E-state index is 12.7. The Bertz CT molecular complexity index is 1510. The highest BCUT2D eigenvalue weighted by Gasteiger charge is 2.57. The summed E-state index contributed by atoms with van der Waals surface area (Å²) >= 11 is 0. The molecule has 4 heterocycles. The van der Waals surface area contributed by atoms with E-state index in [4.69, 9.17) is 9.47 Å². The van der Waals surface area contributed by atoms with Crippen LogP contribution in [0.25, 0.3) is 16.7 Å². The summed E-state index contributed by atoms with van der Waals surface area (Å²) in [6, 6.07) is 15.9. The monoisotopic (exact) mass is 498 g/mol. The molecule has 2 aliphatic heterocycles. The van der Waals surface area contributed by atoms with Gasteiger partial charge in [-0.05, 0) is 55.3 Å². The van der Waals surface area contributed by atoms with Gasteiger partial charge in [-0.1, -0.05) is 0 Å². The van der Waals surface area contributed by atoms with Crippen LogP contribution in [0.15, 0.2) is 67.1 Å². The molecule has 4 aromatic rings. The maximum atomic E-state index is 12.7. The number of nitrogens with zero attached hydrogens (tertiary/aromatic N) is 4. The summed E-state index contributed by atoms with van der Waals surface area (Å²) in [4.78, 5) is 47.4. The van der Waals surface area contributed by atoms with Gasteiger partial charge in [0.05, 0.1) is 30.0 Å². The van der Waals surface area contributed by atoms with Gasteiger partial charge in [0.25, 0.3) is 11.8 Å². The summed E-state index contributed by atoms with van der Waals surface area (Å²) in [7, 11) is 1.63. The number of fused-ring (bicyclic) bond motifs is 1. The van der Waals surface area contributed by atoms with Crippen molar-refractivity contribution in [2.24, 2.45) is 0 Å². The van der Waals surface area contributed by atoms with Gasteiger partial charge in [-0.2, -0.15) is 0 Å². The lowest BCUT2D eigenvalue weighted by Gasteiger charge is -2.38. The molecule has 1 spiro atoms. The quantitative estimate of drug-likeness (QED) is 0.402. The van der Waals surface area contributed by atoms with Crippen LogP contribution in [0.4, 0.5) is 10.5 Å². The second-order valence-electron chi connectivity index (χ2n) is 8.77. The third-order valence-electron chi connectivity index (χ3n) is 6.71. The van der Waals surface area contributed by atoms with Gasteiger partial charge in [0.2, 0.25) is 5.88 Å². The molecule has 0 bridgehead atoms. The Hall–Kier alpha value is -4.93. The van der Waals surface area contributed by atoms with Gasteiger partial charge in [0.1, 0.15) is 17.8 Å². The summed E-state index contributed by atoms with van der Waals surface area (Å²) in [5.41, 5.74) is 1.75. The molecule has 11 heteroatoms. The molecule has 0 saturated carbocycles. The number of hydrogen-bond acceptors (Lipinski definition) is 8. The number of imidazole rings is 1. The number of methoxy groups -OCH3 is 1. The van der Waals surface area contributed by atoms with Gasteiger partial charge >= 0.3 is 6.03 Å². The zero-order valence-corrected chi connectivity index (χ0v) is 19.8. The van der Waals surface area contributed by atoms with Crippen molar-refractivity contribution in [2.45, 2.75) is 18.4 Å². The molecule has 0 unspecified atom stereocenters. The Morgan fingerprint density at radius 3 is 2.32 bits per heavy atom. The number of imide groups is 2. The first kappa shape index (κ1) is 22.5. The molecule has 37 heavy (non-hydrogen) atoms. The van der Waals surface area contributed by atoms with Gasteiger partial charge in [-0.25, -0.2) is 14.8 Å². The van der Waals surface area contributed by atoms with Crippen molar-refractivity contribution >= 4 is 34.6 Å². The molecule has 2 fully saturated rings. The fraction of sp³-hybridized carbons (Fsp3) is 0.192. The fourth-order valence-corrected chi connectivity index (χ4v) is 4.91. The van der Waals surface area contributed by atoms with E-state index in [9.17, 15) is 14.4 Å². The molecule has 0 radical (unpaired) electrons. The zero-order valence-electron chi connectivity index (χ0n) is 19.8. The number of urea groups is 1. The summed E-state index contributed by atoms with van der Waals surface area (Å²) in [5.74, 6) is 0.444. The van der Waals surface area contributed by atoms with Gasteiger partial charge in [-0.3, -0.25) is 24.8 Å². The van der Waals surface area contributed by atoms with E-state index in [-0.39, 0.29) is 0 Å². The lowest BCUT2D eigenvalue weighted by molar-refractivity contribution is -0.137. The number of rotatable bonds is 5. The van der Waals surface area contributed by atoms with Crippen molar-refractivity contribution in [3.05, 3.63) is 67.1 Å². The van der Waals surface area contributed by atoms with Crippen LogP contribution in [-0.4, -0.2) is 51.6 Å². The molecular weight excluding hydrogens is 476 g/mol. The predicted molar refractivity (Wildman–Crippen MR) is 133 cm³/mol. The van der Waals surface area contributed by atoms with Crippen LogP contribution in [0, 0.1) is 0 Å². The molecular formula is C26H22N6O5. The maximum Gasteiger partial charge on any atom is 0.328 e. The number of carbonyl (C=O) groups is 3. The van der Waals surface area contributed by atoms with Crippen LogP contribution < -0.4 is 25.0 Å². The third-order valence-corrected chi connectivity index (χ3v) is 6.71. The Balaban J connectivity index is 1.21. The Labute approximate surface area is 211 Å². The van der Waals surface area contributed by atoms with Gasteiger partial charge in [0, 0.05) is 24.4 Å². The Kier molecular flexibility index (Phi) is 5.25. The first-order chi connectivity index (χ1) is 18.0. The standard InChI is InChI=1S/C26H22N6O5/c1-36-18-6-3-16(4-7-18)31-15-28-20-13-19(8-9-21(20)31)37-22-10-5-17(14-27-22)32-12-2-11-26(32)23(33)29-25(35)30-24(26)34/h3-10,13-15H,2,11-12H2,1H3,(H2,29,30,33,34,35). The highest BCUT2D eigenvalue weighted by molar-refractivity contribution is 6.24. The minimum Gasteiger partial charge on any atom is -0.497 e. The first-order valence-corrected chi connectivity index (χ1v) is 11.7. The number of carbonyl (C=O) groups excluding carboxylic acids is 3. The van der Waals surface area contributed by atoms with Gasteiger partial charge < -0.3 is 14.4 Å². The van der Waals surface area contributed by atoms with Crippen molar-refractivity contribution in [1.29, 1.82) is 0 Å². The summed E-state index contributed by atoms with van der Waals surface area (Å²) in [6.07, 6.45) is 4.23. The van der Waals surface area contributed by atoms with E-state index in [1.165, 1.54) is 0 Å². The molecule has 2 saturated heterocycles. The van der Waals surface area contributed by atoms with E-state index in [1.807, 2.05) is 47.0 Å². The van der Waals surface area contributed by atoms with Crippen molar-refractivity contribution in [1.82, 2.24) is 25.2 Å². The number of nitrogens with one attached hydrogen (secondary N) is 2.